The van der Waals surface area contributed by atoms with Crippen molar-refractivity contribution in [2.75, 3.05) is 20.2 Å². The molecule has 0 aromatic heterocycles. The average molecular weight is 287 g/mol. The summed E-state index contributed by atoms with van der Waals surface area (Å²) >= 11 is 0. The standard InChI is InChI=1S/C17H21NO3/c1-17(2,20)10-8-13-4-6-14(7-5-13)16(19)18-11-9-15(12-18)21-3/h4-7,15,20H,9,11-12H2,1-3H3. The fourth-order valence-corrected chi connectivity index (χ4v) is 2.21. The summed E-state index contributed by atoms with van der Waals surface area (Å²) in [6, 6.07) is 7.15. The molecule has 1 unspecified atom stereocenters. The van der Waals surface area contributed by atoms with E-state index in [0.717, 1.165) is 18.5 Å². The lowest BCUT2D eigenvalue weighted by Gasteiger charge is -2.16. The number of aliphatic hydroxyl groups is 1. The second-order valence-corrected chi connectivity index (χ2v) is 5.78. The fraction of sp³-hybridized carbons (Fsp3) is 0.471. The lowest BCUT2D eigenvalue weighted by atomic mass is 10.1. The molecule has 4 heteroatoms. The summed E-state index contributed by atoms with van der Waals surface area (Å²) < 4.78 is 5.27. The van der Waals surface area contributed by atoms with Crippen LogP contribution < -0.4 is 0 Å². The Kier molecular flexibility index (Phi) is 4.66. The van der Waals surface area contributed by atoms with E-state index in [4.69, 9.17) is 4.74 Å². The number of likely N-dealkylation sites (tertiary alicyclic amines) is 1. The van der Waals surface area contributed by atoms with Gasteiger partial charge in [-0.2, -0.15) is 0 Å². The zero-order valence-electron chi connectivity index (χ0n) is 12.7. The molecule has 1 aliphatic rings. The Morgan fingerprint density at radius 1 is 1.38 bits per heavy atom. The molecule has 1 saturated heterocycles. The quantitative estimate of drug-likeness (QED) is 0.842. The van der Waals surface area contributed by atoms with Crippen LogP contribution in [0.15, 0.2) is 24.3 Å². The number of methoxy groups -OCH3 is 1. The molecule has 0 bridgehead atoms. The number of hydrogen-bond donors (Lipinski definition) is 1. The van der Waals surface area contributed by atoms with Gasteiger partial charge in [0.2, 0.25) is 0 Å². The molecule has 1 aliphatic heterocycles. The van der Waals surface area contributed by atoms with Gasteiger partial charge in [-0.15, -0.1) is 0 Å². The number of carbonyl (C=O) groups excluding carboxylic acids is 1. The normalized spacial score (nSPS) is 18.3. The van der Waals surface area contributed by atoms with Gasteiger partial charge in [0.1, 0.15) is 5.60 Å². The first-order valence-corrected chi connectivity index (χ1v) is 7.07. The molecule has 112 valence electrons. The highest BCUT2D eigenvalue weighted by Crippen LogP contribution is 2.16. The van der Waals surface area contributed by atoms with E-state index in [2.05, 4.69) is 11.8 Å². The van der Waals surface area contributed by atoms with Crippen molar-refractivity contribution in [3.05, 3.63) is 35.4 Å². The van der Waals surface area contributed by atoms with Crippen LogP contribution in [0.1, 0.15) is 36.2 Å². The summed E-state index contributed by atoms with van der Waals surface area (Å²) in [7, 11) is 1.68. The first kappa shape index (κ1) is 15.6. The van der Waals surface area contributed by atoms with Crippen LogP contribution in [0, 0.1) is 11.8 Å². The van der Waals surface area contributed by atoms with Crippen molar-refractivity contribution in [2.24, 2.45) is 0 Å². The van der Waals surface area contributed by atoms with Crippen molar-refractivity contribution in [1.82, 2.24) is 4.90 Å². The van der Waals surface area contributed by atoms with Gasteiger partial charge in [-0.25, -0.2) is 0 Å². The van der Waals surface area contributed by atoms with Crippen molar-refractivity contribution in [2.45, 2.75) is 32.0 Å². The van der Waals surface area contributed by atoms with Gasteiger partial charge < -0.3 is 14.7 Å². The highest BCUT2D eigenvalue weighted by molar-refractivity contribution is 5.94. The van der Waals surface area contributed by atoms with Crippen LogP contribution in [0.25, 0.3) is 0 Å². The maximum atomic E-state index is 12.3. The smallest absolute Gasteiger partial charge is 0.253 e. The number of ether oxygens (including phenoxy) is 1. The number of rotatable bonds is 2. The molecule has 1 atom stereocenters. The van der Waals surface area contributed by atoms with E-state index < -0.39 is 5.60 Å². The third-order valence-corrected chi connectivity index (χ3v) is 3.41. The van der Waals surface area contributed by atoms with Gasteiger partial charge in [-0.05, 0) is 44.5 Å². The molecular weight excluding hydrogens is 266 g/mol. The Labute approximate surface area is 125 Å². The minimum atomic E-state index is -1.01. The minimum Gasteiger partial charge on any atom is -0.380 e. The van der Waals surface area contributed by atoms with E-state index in [9.17, 15) is 9.90 Å². The third-order valence-electron chi connectivity index (χ3n) is 3.41. The van der Waals surface area contributed by atoms with Crippen molar-refractivity contribution in [3.63, 3.8) is 0 Å². The van der Waals surface area contributed by atoms with Crippen molar-refractivity contribution < 1.29 is 14.6 Å². The second kappa shape index (κ2) is 6.30. The largest absolute Gasteiger partial charge is 0.380 e. The maximum absolute atomic E-state index is 12.3. The molecule has 21 heavy (non-hydrogen) atoms. The van der Waals surface area contributed by atoms with E-state index in [0.29, 0.717) is 12.1 Å². The SMILES string of the molecule is COC1CCN(C(=O)c2ccc(C#CC(C)(C)O)cc2)C1. The lowest BCUT2D eigenvalue weighted by Crippen LogP contribution is -2.29. The van der Waals surface area contributed by atoms with Gasteiger partial charge >= 0.3 is 0 Å². The maximum Gasteiger partial charge on any atom is 0.253 e. The summed E-state index contributed by atoms with van der Waals surface area (Å²) in [5.74, 6) is 5.67. The van der Waals surface area contributed by atoms with E-state index in [-0.39, 0.29) is 12.0 Å². The van der Waals surface area contributed by atoms with Crippen LogP contribution in [0.2, 0.25) is 0 Å². The van der Waals surface area contributed by atoms with Crippen LogP contribution in [-0.4, -0.2) is 47.8 Å². The zero-order valence-corrected chi connectivity index (χ0v) is 12.7. The monoisotopic (exact) mass is 287 g/mol. The molecule has 0 spiro atoms. The Morgan fingerprint density at radius 2 is 2.05 bits per heavy atom. The van der Waals surface area contributed by atoms with Gasteiger partial charge in [0, 0.05) is 31.3 Å². The molecule has 0 radical (unpaired) electrons. The predicted octanol–water partition coefficient (Wildman–Crippen LogP) is 1.67. The first-order chi connectivity index (χ1) is 9.89. The Bertz CT molecular complexity index is 560. The molecule has 1 aromatic rings. The molecule has 1 fully saturated rings. The number of hydrogen-bond acceptors (Lipinski definition) is 3. The molecule has 1 heterocycles. The zero-order chi connectivity index (χ0) is 15.5. The fourth-order valence-electron chi connectivity index (χ4n) is 2.21. The lowest BCUT2D eigenvalue weighted by molar-refractivity contribution is 0.0724. The van der Waals surface area contributed by atoms with Crippen LogP contribution in [0.3, 0.4) is 0 Å². The molecule has 0 aliphatic carbocycles. The van der Waals surface area contributed by atoms with Crippen molar-refractivity contribution >= 4 is 5.91 Å². The Morgan fingerprint density at radius 3 is 2.57 bits per heavy atom. The second-order valence-electron chi connectivity index (χ2n) is 5.78. The summed E-state index contributed by atoms with van der Waals surface area (Å²) in [5, 5.41) is 9.57. The van der Waals surface area contributed by atoms with Crippen LogP contribution in [-0.2, 0) is 4.74 Å². The average Bonchev–Trinajstić information content (AvgIpc) is 2.93. The van der Waals surface area contributed by atoms with E-state index in [1.54, 1.807) is 45.2 Å². The number of benzene rings is 1. The van der Waals surface area contributed by atoms with E-state index >= 15 is 0 Å². The van der Waals surface area contributed by atoms with E-state index in [1.165, 1.54) is 0 Å². The predicted molar refractivity (Wildman–Crippen MR) is 80.9 cm³/mol. The first-order valence-electron chi connectivity index (χ1n) is 7.07. The van der Waals surface area contributed by atoms with Gasteiger partial charge in [0.05, 0.1) is 6.10 Å². The van der Waals surface area contributed by atoms with Gasteiger partial charge in [-0.1, -0.05) is 11.8 Å². The Hall–Kier alpha value is -1.83. The number of carbonyl (C=O) groups is 1. The number of nitrogens with zero attached hydrogens (tertiary/aromatic N) is 1. The molecule has 0 saturated carbocycles. The van der Waals surface area contributed by atoms with E-state index in [1.807, 2.05) is 4.90 Å². The molecular formula is C17H21NO3. The van der Waals surface area contributed by atoms with Gasteiger partial charge in [0.15, 0.2) is 0 Å². The van der Waals surface area contributed by atoms with Crippen LogP contribution in [0.4, 0.5) is 0 Å². The molecule has 1 aromatic carbocycles. The Balaban J connectivity index is 2.05. The summed E-state index contributed by atoms with van der Waals surface area (Å²) in [5.41, 5.74) is 0.421. The summed E-state index contributed by atoms with van der Waals surface area (Å²) in [6.07, 6.45) is 1.03. The third kappa shape index (κ3) is 4.32. The topological polar surface area (TPSA) is 49.8 Å². The number of amides is 1. The van der Waals surface area contributed by atoms with Crippen LogP contribution >= 0.6 is 0 Å². The summed E-state index contributed by atoms with van der Waals surface area (Å²) in [6.45, 7) is 4.65. The van der Waals surface area contributed by atoms with Crippen LogP contribution in [0.5, 0.6) is 0 Å². The van der Waals surface area contributed by atoms with Gasteiger partial charge in [0.25, 0.3) is 5.91 Å². The van der Waals surface area contributed by atoms with Crippen molar-refractivity contribution in [3.8, 4) is 11.8 Å². The minimum absolute atomic E-state index is 0.0246. The molecule has 4 nitrogen and oxygen atoms in total. The summed E-state index contributed by atoms with van der Waals surface area (Å²) in [4.78, 5) is 14.1. The molecule has 2 rings (SSSR count). The van der Waals surface area contributed by atoms with Gasteiger partial charge in [-0.3, -0.25) is 4.79 Å². The van der Waals surface area contributed by atoms with Crippen molar-refractivity contribution in [1.29, 1.82) is 0 Å². The highest BCUT2D eigenvalue weighted by Gasteiger charge is 2.26. The molecule has 1 N–H and O–H groups in total. The highest BCUT2D eigenvalue weighted by atomic mass is 16.5. The molecule has 1 amide bonds.